The van der Waals surface area contributed by atoms with E-state index in [1.807, 2.05) is 6.07 Å². The van der Waals surface area contributed by atoms with Crippen molar-refractivity contribution in [2.45, 2.75) is 18.8 Å². The van der Waals surface area contributed by atoms with Gasteiger partial charge < -0.3 is 0 Å². The molecule has 0 bridgehead atoms. The summed E-state index contributed by atoms with van der Waals surface area (Å²) < 4.78 is 0. The third kappa shape index (κ3) is 1.79. The Hall–Kier alpha value is -1.13. The van der Waals surface area contributed by atoms with Crippen LogP contribution in [-0.2, 0) is 0 Å². The van der Waals surface area contributed by atoms with Gasteiger partial charge in [-0.3, -0.25) is 5.10 Å². The zero-order valence-corrected chi connectivity index (χ0v) is 9.76. The van der Waals surface area contributed by atoms with Crippen molar-refractivity contribution in [3.05, 3.63) is 28.3 Å². The van der Waals surface area contributed by atoms with E-state index in [2.05, 4.69) is 20.2 Å². The normalized spacial score (nSPS) is 15.4. The zero-order chi connectivity index (χ0) is 11.1. The van der Waals surface area contributed by atoms with Gasteiger partial charge in [0.15, 0.2) is 0 Å². The van der Waals surface area contributed by atoms with Crippen LogP contribution in [0.3, 0.4) is 0 Å². The van der Waals surface area contributed by atoms with E-state index in [4.69, 9.17) is 23.2 Å². The number of aromatic nitrogens is 4. The van der Waals surface area contributed by atoms with E-state index < -0.39 is 0 Å². The molecule has 1 N–H and O–H groups in total. The number of hydrogen-bond donors (Lipinski definition) is 1. The standard InChI is InChI=1S/C10H8Cl2N4/c11-6-4-13-10(12)14-9(6)8-3-7(15-16-8)5-1-2-5/h3-5H,1-2H2,(H,15,16). The Bertz CT molecular complexity index is 533. The van der Waals surface area contributed by atoms with Gasteiger partial charge in [0.25, 0.3) is 0 Å². The van der Waals surface area contributed by atoms with Crippen molar-refractivity contribution >= 4 is 23.2 Å². The van der Waals surface area contributed by atoms with E-state index in [1.165, 1.54) is 19.0 Å². The van der Waals surface area contributed by atoms with Crippen LogP contribution in [0.15, 0.2) is 12.3 Å². The summed E-state index contributed by atoms with van der Waals surface area (Å²) >= 11 is 11.7. The van der Waals surface area contributed by atoms with E-state index in [0.29, 0.717) is 16.6 Å². The summed E-state index contributed by atoms with van der Waals surface area (Å²) in [5, 5.41) is 7.82. The molecule has 3 rings (SSSR count). The van der Waals surface area contributed by atoms with Crippen molar-refractivity contribution in [1.82, 2.24) is 20.2 Å². The van der Waals surface area contributed by atoms with E-state index in [1.54, 1.807) is 0 Å². The van der Waals surface area contributed by atoms with Crippen molar-refractivity contribution in [2.75, 3.05) is 0 Å². The summed E-state index contributed by atoms with van der Waals surface area (Å²) in [6, 6.07) is 1.97. The van der Waals surface area contributed by atoms with Gasteiger partial charge in [-0.05, 0) is 30.5 Å². The topological polar surface area (TPSA) is 54.5 Å². The Labute approximate surface area is 102 Å². The summed E-state index contributed by atoms with van der Waals surface area (Å²) in [4.78, 5) is 7.88. The highest BCUT2D eigenvalue weighted by Crippen LogP contribution is 2.40. The van der Waals surface area contributed by atoms with Crippen LogP contribution in [0.5, 0.6) is 0 Å². The maximum Gasteiger partial charge on any atom is 0.223 e. The van der Waals surface area contributed by atoms with Crippen LogP contribution in [0.1, 0.15) is 24.5 Å². The number of aromatic amines is 1. The van der Waals surface area contributed by atoms with Gasteiger partial charge in [-0.1, -0.05) is 11.6 Å². The van der Waals surface area contributed by atoms with Crippen LogP contribution < -0.4 is 0 Å². The summed E-state index contributed by atoms with van der Waals surface area (Å²) in [7, 11) is 0. The Morgan fingerprint density at radius 3 is 2.88 bits per heavy atom. The molecule has 1 fully saturated rings. The third-order valence-corrected chi connectivity index (χ3v) is 3.03. The highest BCUT2D eigenvalue weighted by Gasteiger charge is 2.26. The molecule has 0 aliphatic heterocycles. The second-order valence-corrected chi connectivity index (χ2v) is 4.56. The van der Waals surface area contributed by atoms with Crippen LogP contribution in [0.25, 0.3) is 11.4 Å². The number of rotatable bonds is 2. The first-order valence-electron chi connectivity index (χ1n) is 4.98. The fourth-order valence-electron chi connectivity index (χ4n) is 1.59. The van der Waals surface area contributed by atoms with Crippen LogP contribution in [0.2, 0.25) is 10.3 Å². The van der Waals surface area contributed by atoms with E-state index in [9.17, 15) is 0 Å². The average Bonchev–Trinajstić information content (AvgIpc) is 3.01. The number of nitrogens with zero attached hydrogens (tertiary/aromatic N) is 3. The van der Waals surface area contributed by atoms with Gasteiger partial charge in [-0.15, -0.1) is 0 Å². The molecule has 0 amide bonds. The fraction of sp³-hybridized carbons (Fsp3) is 0.300. The van der Waals surface area contributed by atoms with Crippen molar-refractivity contribution in [3.8, 4) is 11.4 Å². The van der Waals surface area contributed by atoms with Crippen molar-refractivity contribution in [3.63, 3.8) is 0 Å². The van der Waals surface area contributed by atoms with Crippen LogP contribution in [0, 0.1) is 0 Å². The molecular formula is C10H8Cl2N4. The predicted octanol–water partition coefficient (Wildman–Crippen LogP) is 3.05. The molecule has 0 spiro atoms. The minimum Gasteiger partial charge on any atom is -0.282 e. The van der Waals surface area contributed by atoms with Crippen LogP contribution >= 0.6 is 23.2 Å². The molecule has 2 heterocycles. The summed E-state index contributed by atoms with van der Waals surface area (Å²) in [5.41, 5.74) is 2.43. The Balaban J connectivity index is 2.03. The van der Waals surface area contributed by atoms with Gasteiger partial charge in [0, 0.05) is 11.6 Å². The lowest BCUT2D eigenvalue weighted by molar-refractivity contribution is 0.965. The van der Waals surface area contributed by atoms with E-state index in [-0.39, 0.29) is 5.28 Å². The van der Waals surface area contributed by atoms with Crippen LogP contribution in [0.4, 0.5) is 0 Å². The van der Waals surface area contributed by atoms with Crippen LogP contribution in [-0.4, -0.2) is 20.2 Å². The van der Waals surface area contributed by atoms with Gasteiger partial charge in [-0.2, -0.15) is 5.10 Å². The molecule has 1 aliphatic rings. The molecule has 4 nitrogen and oxygen atoms in total. The molecule has 1 aliphatic carbocycles. The smallest absolute Gasteiger partial charge is 0.223 e. The Morgan fingerprint density at radius 1 is 1.31 bits per heavy atom. The quantitative estimate of drug-likeness (QED) is 0.839. The lowest BCUT2D eigenvalue weighted by Crippen LogP contribution is -1.88. The molecule has 2 aromatic rings. The van der Waals surface area contributed by atoms with E-state index >= 15 is 0 Å². The second kappa shape index (κ2) is 3.71. The first-order chi connectivity index (χ1) is 7.74. The molecule has 82 valence electrons. The number of nitrogens with one attached hydrogen (secondary N) is 1. The maximum atomic E-state index is 6.00. The summed E-state index contributed by atoms with van der Waals surface area (Å²) in [6.45, 7) is 0. The first kappa shape index (κ1) is 10.1. The number of hydrogen-bond acceptors (Lipinski definition) is 3. The molecule has 16 heavy (non-hydrogen) atoms. The molecule has 0 radical (unpaired) electrons. The van der Waals surface area contributed by atoms with Gasteiger partial charge in [0.1, 0.15) is 11.4 Å². The van der Waals surface area contributed by atoms with Gasteiger partial charge in [-0.25, -0.2) is 9.97 Å². The summed E-state index contributed by atoms with van der Waals surface area (Å²) in [6.07, 6.45) is 3.93. The molecule has 0 saturated heterocycles. The number of halogens is 2. The number of H-pyrrole nitrogens is 1. The first-order valence-corrected chi connectivity index (χ1v) is 5.73. The summed E-state index contributed by atoms with van der Waals surface area (Å²) in [5.74, 6) is 0.623. The second-order valence-electron chi connectivity index (χ2n) is 3.82. The minimum atomic E-state index is 0.176. The van der Waals surface area contributed by atoms with E-state index in [0.717, 1.165) is 11.4 Å². The molecular weight excluding hydrogens is 247 g/mol. The fourth-order valence-corrected chi connectivity index (χ4v) is 1.91. The van der Waals surface area contributed by atoms with Gasteiger partial charge >= 0.3 is 0 Å². The average molecular weight is 255 g/mol. The van der Waals surface area contributed by atoms with Crippen molar-refractivity contribution in [1.29, 1.82) is 0 Å². The van der Waals surface area contributed by atoms with Crippen molar-refractivity contribution < 1.29 is 0 Å². The molecule has 0 aromatic carbocycles. The molecule has 6 heteroatoms. The van der Waals surface area contributed by atoms with Gasteiger partial charge in [0.05, 0.1) is 11.2 Å². The molecule has 0 unspecified atom stereocenters. The largest absolute Gasteiger partial charge is 0.282 e. The monoisotopic (exact) mass is 254 g/mol. The highest BCUT2D eigenvalue weighted by molar-refractivity contribution is 6.33. The lowest BCUT2D eigenvalue weighted by Gasteiger charge is -1.98. The molecule has 2 aromatic heterocycles. The minimum absolute atomic E-state index is 0.176. The van der Waals surface area contributed by atoms with Gasteiger partial charge in [0.2, 0.25) is 5.28 Å². The zero-order valence-electron chi connectivity index (χ0n) is 8.24. The Morgan fingerprint density at radius 2 is 2.12 bits per heavy atom. The highest BCUT2D eigenvalue weighted by atomic mass is 35.5. The molecule has 1 saturated carbocycles. The third-order valence-electron chi connectivity index (χ3n) is 2.57. The molecule has 0 atom stereocenters. The van der Waals surface area contributed by atoms with Crippen molar-refractivity contribution in [2.24, 2.45) is 0 Å². The predicted molar refractivity (Wildman–Crippen MR) is 61.6 cm³/mol. The Kier molecular flexibility index (Phi) is 2.33. The maximum absolute atomic E-state index is 6.00. The SMILES string of the molecule is Clc1ncc(Cl)c(-c2cc(C3CC3)[nH]n2)n1. The lowest BCUT2D eigenvalue weighted by atomic mass is 10.2.